The Balaban J connectivity index is 2.14. The highest BCUT2D eigenvalue weighted by molar-refractivity contribution is 6.58. The lowest BCUT2D eigenvalue weighted by molar-refractivity contribution is 0.0185. The molecule has 0 aliphatic carbocycles. The largest absolute Gasteiger partial charge is 0.488 e. The van der Waals surface area contributed by atoms with Crippen LogP contribution in [0.25, 0.3) is 0 Å². The molecule has 1 amide bonds. The molecule has 0 spiro atoms. The van der Waals surface area contributed by atoms with E-state index in [1.165, 1.54) is 0 Å². The molecule has 1 aliphatic heterocycles. The van der Waals surface area contributed by atoms with Crippen LogP contribution < -0.4 is 5.46 Å². The molecule has 7 heteroatoms. The monoisotopic (exact) mass is 330 g/mol. The Hall–Kier alpha value is -2.04. The molecule has 1 aromatic rings. The van der Waals surface area contributed by atoms with Crippen LogP contribution in [0.1, 0.15) is 39.2 Å². The molecule has 0 aromatic heterocycles. The number of nitrogens with zero attached hydrogens (tertiary/aromatic N) is 2. The summed E-state index contributed by atoms with van der Waals surface area (Å²) in [7, 11) is -1.57. The normalized spacial score (nSPS) is 17.1. The van der Waals surface area contributed by atoms with Crippen LogP contribution in [-0.2, 0) is 10.2 Å². The molecule has 0 saturated carbocycles. The number of rotatable bonds is 2. The lowest BCUT2D eigenvalue weighted by Gasteiger charge is -2.38. The number of hydrogen-bond acceptors (Lipinski definition) is 5. The summed E-state index contributed by atoms with van der Waals surface area (Å²) in [4.78, 5) is 13.8. The Morgan fingerprint density at radius 2 is 1.96 bits per heavy atom. The van der Waals surface area contributed by atoms with E-state index in [9.17, 15) is 20.1 Å². The van der Waals surface area contributed by atoms with Gasteiger partial charge in [-0.3, -0.25) is 0 Å². The first-order chi connectivity index (χ1) is 11.2. The van der Waals surface area contributed by atoms with E-state index in [-0.39, 0.29) is 6.09 Å². The second-order valence-electron chi connectivity index (χ2n) is 7.16. The highest BCUT2D eigenvalue weighted by atomic mass is 16.6. The molecule has 1 aliphatic rings. The van der Waals surface area contributed by atoms with Crippen molar-refractivity contribution in [1.29, 1.82) is 5.26 Å². The first-order valence-corrected chi connectivity index (χ1v) is 8.03. The van der Waals surface area contributed by atoms with Crippen LogP contribution in [0.3, 0.4) is 0 Å². The van der Waals surface area contributed by atoms with Crippen molar-refractivity contribution in [3.05, 3.63) is 29.8 Å². The molecule has 1 heterocycles. The van der Waals surface area contributed by atoms with Crippen molar-refractivity contribution in [3.63, 3.8) is 0 Å². The van der Waals surface area contributed by atoms with E-state index in [1.807, 2.05) is 26.8 Å². The average molecular weight is 330 g/mol. The van der Waals surface area contributed by atoms with E-state index < -0.39 is 18.1 Å². The van der Waals surface area contributed by atoms with Gasteiger partial charge in [0, 0.05) is 13.1 Å². The quantitative estimate of drug-likeness (QED) is 0.794. The third kappa shape index (κ3) is 4.08. The number of hydrogen-bond donors (Lipinski definition) is 2. The summed E-state index contributed by atoms with van der Waals surface area (Å²) >= 11 is 0. The number of nitriles is 1. The van der Waals surface area contributed by atoms with Crippen LogP contribution in [0.5, 0.6) is 0 Å². The third-order valence-corrected chi connectivity index (χ3v) is 4.22. The van der Waals surface area contributed by atoms with E-state index in [0.717, 1.165) is 5.56 Å². The molecule has 128 valence electrons. The van der Waals surface area contributed by atoms with E-state index >= 15 is 0 Å². The van der Waals surface area contributed by atoms with Crippen LogP contribution in [-0.4, -0.2) is 46.9 Å². The minimum absolute atomic E-state index is 0.358. The first kappa shape index (κ1) is 18.3. The van der Waals surface area contributed by atoms with Crippen LogP contribution in [0, 0.1) is 11.3 Å². The summed E-state index contributed by atoms with van der Waals surface area (Å²) in [6.07, 6.45) is 0.593. The molecule has 0 unspecified atom stereocenters. The zero-order valence-electron chi connectivity index (χ0n) is 14.3. The van der Waals surface area contributed by atoms with Crippen molar-refractivity contribution in [2.45, 2.75) is 44.6 Å². The van der Waals surface area contributed by atoms with E-state index in [2.05, 4.69) is 6.07 Å². The Kier molecular flexibility index (Phi) is 5.21. The van der Waals surface area contributed by atoms with Crippen molar-refractivity contribution < 1.29 is 19.6 Å². The second-order valence-corrected chi connectivity index (χ2v) is 7.16. The Bertz CT molecular complexity index is 641. The summed E-state index contributed by atoms with van der Waals surface area (Å²) in [6.45, 7) is 6.31. The molecule has 1 fully saturated rings. The zero-order valence-corrected chi connectivity index (χ0v) is 14.3. The van der Waals surface area contributed by atoms with Gasteiger partial charge in [-0.2, -0.15) is 5.26 Å². The van der Waals surface area contributed by atoms with Gasteiger partial charge < -0.3 is 19.7 Å². The molecule has 2 rings (SSSR count). The fourth-order valence-corrected chi connectivity index (χ4v) is 2.86. The number of ether oxygens (including phenoxy) is 1. The third-order valence-electron chi connectivity index (χ3n) is 4.22. The highest BCUT2D eigenvalue weighted by Crippen LogP contribution is 2.35. The summed E-state index contributed by atoms with van der Waals surface area (Å²) < 4.78 is 5.37. The van der Waals surface area contributed by atoms with Crippen molar-refractivity contribution in [2.24, 2.45) is 0 Å². The minimum atomic E-state index is -1.57. The number of piperidine rings is 1. The molecule has 2 N–H and O–H groups in total. The Labute approximate surface area is 142 Å². The van der Waals surface area contributed by atoms with Gasteiger partial charge in [0.1, 0.15) is 5.60 Å². The number of amides is 1. The van der Waals surface area contributed by atoms with Gasteiger partial charge >= 0.3 is 13.2 Å². The fourth-order valence-electron chi connectivity index (χ4n) is 2.86. The second kappa shape index (κ2) is 6.84. The average Bonchev–Trinajstić information content (AvgIpc) is 2.53. The lowest BCUT2D eigenvalue weighted by atomic mass is 9.71. The molecule has 0 atom stereocenters. The minimum Gasteiger partial charge on any atom is -0.444 e. The van der Waals surface area contributed by atoms with E-state index in [0.29, 0.717) is 31.4 Å². The molecular formula is C17H23BN2O4. The topological polar surface area (TPSA) is 93.8 Å². The summed E-state index contributed by atoms with van der Waals surface area (Å²) in [6, 6.07) is 9.15. The smallest absolute Gasteiger partial charge is 0.444 e. The first-order valence-electron chi connectivity index (χ1n) is 8.03. The predicted octanol–water partition coefficient (Wildman–Crippen LogP) is 1.16. The molecule has 0 bridgehead atoms. The standard InChI is InChI=1S/C17H23BN2O4/c1-16(2,3)24-15(21)20-9-7-17(12-19,8-10-20)13-5-4-6-14(11-13)18(22)23/h4-6,11,22-23H,7-10H2,1-3H3. The number of likely N-dealkylation sites (tertiary alicyclic amines) is 1. The van der Waals surface area contributed by atoms with Gasteiger partial charge in [-0.05, 0) is 44.6 Å². The van der Waals surface area contributed by atoms with Crippen LogP contribution >= 0.6 is 0 Å². The van der Waals surface area contributed by atoms with Crippen molar-refractivity contribution in [1.82, 2.24) is 4.90 Å². The molecule has 0 radical (unpaired) electrons. The Morgan fingerprint density at radius 3 is 2.46 bits per heavy atom. The summed E-state index contributed by atoms with van der Waals surface area (Å²) in [5, 5.41) is 28.4. The molecular weight excluding hydrogens is 307 g/mol. The van der Waals surface area contributed by atoms with Gasteiger partial charge in [0.2, 0.25) is 0 Å². The molecule has 1 aromatic carbocycles. The SMILES string of the molecule is CC(C)(C)OC(=O)N1CCC(C#N)(c2cccc(B(O)O)c2)CC1. The van der Waals surface area contributed by atoms with Gasteiger partial charge in [0.05, 0.1) is 11.5 Å². The van der Waals surface area contributed by atoms with E-state index in [4.69, 9.17) is 4.74 Å². The van der Waals surface area contributed by atoms with Crippen molar-refractivity contribution >= 4 is 18.7 Å². The lowest BCUT2D eigenvalue weighted by Crippen LogP contribution is -2.46. The van der Waals surface area contributed by atoms with Crippen molar-refractivity contribution in [2.75, 3.05) is 13.1 Å². The fraction of sp³-hybridized carbons (Fsp3) is 0.529. The predicted molar refractivity (Wildman–Crippen MR) is 90.6 cm³/mol. The van der Waals surface area contributed by atoms with Crippen molar-refractivity contribution in [3.8, 4) is 6.07 Å². The Morgan fingerprint density at radius 1 is 1.33 bits per heavy atom. The van der Waals surface area contributed by atoms with Crippen LogP contribution in [0.2, 0.25) is 0 Å². The van der Waals surface area contributed by atoms with Crippen LogP contribution in [0.15, 0.2) is 24.3 Å². The summed E-state index contributed by atoms with van der Waals surface area (Å²) in [5.74, 6) is 0. The van der Waals surface area contributed by atoms with Gasteiger partial charge in [-0.1, -0.05) is 24.3 Å². The van der Waals surface area contributed by atoms with Gasteiger partial charge in [0.25, 0.3) is 0 Å². The number of carbonyl (C=O) groups excluding carboxylic acids is 1. The van der Waals surface area contributed by atoms with Crippen LogP contribution in [0.4, 0.5) is 4.79 Å². The number of carbonyl (C=O) groups is 1. The maximum Gasteiger partial charge on any atom is 0.488 e. The maximum atomic E-state index is 12.1. The van der Waals surface area contributed by atoms with Gasteiger partial charge in [0.15, 0.2) is 0 Å². The zero-order chi connectivity index (χ0) is 18.0. The molecule has 1 saturated heterocycles. The molecule has 6 nitrogen and oxygen atoms in total. The maximum absolute atomic E-state index is 12.1. The van der Waals surface area contributed by atoms with Gasteiger partial charge in [-0.25, -0.2) is 4.79 Å². The van der Waals surface area contributed by atoms with Gasteiger partial charge in [-0.15, -0.1) is 0 Å². The highest BCUT2D eigenvalue weighted by Gasteiger charge is 2.39. The van der Waals surface area contributed by atoms with E-state index in [1.54, 1.807) is 23.1 Å². The summed E-state index contributed by atoms with van der Waals surface area (Å²) in [5.41, 5.74) is -0.174. The molecule has 24 heavy (non-hydrogen) atoms. The number of benzene rings is 1.